The Bertz CT molecular complexity index is 606. The molecule has 2 unspecified atom stereocenters. The monoisotopic (exact) mass is 389 g/mol. The van der Waals surface area contributed by atoms with Gasteiger partial charge in [0.15, 0.2) is 0 Å². The summed E-state index contributed by atoms with van der Waals surface area (Å²) in [4.78, 5) is 42.1. The van der Waals surface area contributed by atoms with Crippen LogP contribution in [0.25, 0.3) is 0 Å². The van der Waals surface area contributed by atoms with E-state index in [1.54, 1.807) is 24.3 Å². The normalized spacial score (nSPS) is 13.9. The number of amides is 1. The number of thioether (sulfide) groups is 1. The molecule has 0 spiro atoms. The molecule has 0 fully saturated rings. The molecular formula is C16H24NO6PS. The quantitative estimate of drug-likeness (QED) is 0.424. The van der Waals surface area contributed by atoms with E-state index in [0.29, 0.717) is 12.2 Å². The number of carbonyl (C=O) groups is 2. The number of nitrogens with one attached hydrogen (secondary N) is 1. The van der Waals surface area contributed by atoms with Crippen molar-refractivity contribution in [2.45, 2.75) is 12.8 Å². The van der Waals surface area contributed by atoms with Crippen molar-refractivity contribution in [3.05, 3.63) is 35.9 Å². The molecular weight excluding hydrogens is 365 g/mol. The highest BCUT2D eigenvalue weighted by Gasteiger charge is 2.28. The lowest BCUT2D eigenvalue weighted by atomic mass is 9.99. The summed E-state index contributed by atoms with van der Waals surface area (Å²) in [6.45, 7) is -0.0544. The highest BCUT2D eigenvalue weighted by atomic mass is 32.2. The van der Waals surface area contributed by atoms with Crippen molar-refractivity contribution >= 4 is 31.2 Å². The molecule has 1 aromatic carbocycles. The van der Waals surface area contributed by atoms with Crippen molar-refractivity contribution in [3.8, 4) is 0 Å². The van der Waals surface area contributed by atoms with E-state index in [-0.39, 0.29) is 13.0 Å². The molecule has 1 rings (SSSR count). The molecule has 0 saturated carbocycles. The zero-order valence-corrected chi connectivity index (χ0v) is 15.7. The van der Waals surface area contributed by atoms with Crippen LogP contribution in [0.4, 0.5) is 0 Å². The Morgan fingerprint density at radius 2 is 1.84 bits per heavy atom. The lowest BCUT2D eigenvalue weighted by molar-refractivity contribution is -0.141. The fraction of sp³-hybridized carbons (Fsp3) is 0.500. The summed E-state index contributed by atoms with van der Waals surface area (Å²) in [6, 6.07) is 8.93. The standard InChI is InChI=1S/C16H24NO6PS/c1-25-8-7-13(16(19)20)10-17-15(18)14(11-24(21,22)23)9-12-5-3-2-4-6-12/h2-6,13-14H,7-11H2,1H3,(H,17,18)(H,19,20)(H2,21,22,23). The lowest BCUT2D eigenvalue weighted by Crippen LogP contribution is -2.39. The molecule has 0 aliphatic heterocycles. The van der Waals surface area contributed by atoms with Crippen molar-refractivity contribution in [1.82, 2.24) is 5.32 Å². The van der Waals surface area contributed by atoms with Gasteiger partial charge in [-0.1, -0.05) is 30.3 Å². The van der Waals surface area contributed by atoms with E-state index in [9.17, 15) is 29.0 Å². The first-order valence-electron chi connectivity index (χ1n) is 7.81. The maximum atomic E-state index is 12.4. The van der Waals surface area contributed by atoms with Gasteiger partial charge in [-0.05, 0) is 30.4 Å². The van der Waals surface area contributed by atoms with Gasteiger partial charge in [-0.15, -0.1) is 0 Å². The zero-order chi connectivity index (χ0) is 18.9. The Labute approximate surface area is 151 Å². The van der Waals surface area contributed by atoms with E-state index in [4.69, 9.17) is 0 Å². The molecule has 0 heterocycles. The minimum absolute atomic E-state index is 0.0544. The van der Waals surface area contributed by atoms with Crippen LogP contribution in [0.1, 0.15) is 12.0 Å². The van der Waals surface area contributed by atoms with E-state index in [1.807, 2.05) is 12.3 Å². The fourth-order valence-electron chi connectivity index (χ4n) is 2.37. The minimum Gasteiger partial charge on any atom is -0.481 e. The summed E-state index contributed by atoms with van der Waals surface area (Å²) >= 11 is 1.52. The number of benzene rings is 1. The second-order valence-corrected chi connectivity index (χ2v) is 8.48. The Balaban J connectivity index is 2.74. The summed E-state index contributed by atoms with van der Waals surface area (Å²) < 4.78 is 11.3. The van der Waals surface area contributed by atoms with E-state index in [0.717, 1.165) is 5.56 Å². The third-order valence-electron chi connectivity index (χ3n) is 3.70. The van der Waals surface area contributed by atoms with Crippen molar-refractivity contribution in [3.63, 3.8) is 0 Å². The van der Waals surface area contributed by atoms with E-state index >= 15 is 0 Å². The van der Waals surface area contributed by atoms with Crippen LogP contribution in [-0.2, 0) is 20.6 Å². The maximum absolute atomic E-state index is 12.4. The molecule has 4 N–H and O–H groups in total. The maximum Gasteiger partial charge on any atom is 0.326 e. The average molecular weight is 389 g/mol. The van der Waals surface area contributed by atoms with Gasteiger partial charge in [0.2, 0.25) is 5.91 Å². The lowest BCUT2D eigenvalue weighted by Gasteiger charge is -2.19. The number of hydrogen-bond donors (Lipinski definition) is 4. The molecule has 0 aliphatic rings. The molecule has 140 valence electrons. The van der Waals surface area contributed by atoms with Gasteiger partial charge in [0.1, 0.15) is 0 Å². The van der Waals surface area contributed by atoms with E-state index in [2.05, 4.69) is 5.32 Å². The molecule has 0 saturated heterocycles. The second-order valence-electron chi connectivity index (χ2n) is 5.80. The van der Waals surface area contributed by atoms with Crippen molar-refractivity contribution in [1.29, 1.82) is 0 Å². The first kappa shape index (κ1) is 21.7. The Kier molecular flexibility index (Phi) is 9.21. The van der Waals surface area contributed by atoms with E-state index in [1.165, 1.54) is 11.8 Å². The number of carboxylic acids is 1. The number of carbonyl (C=O) groups excluding carboxylic acids is 1. The minimum atomic E-state index is -4.38. The summed E-state index contributed by atoms with van der Waals surface area (Å²) in [5.41, 5.74) is 0.785. The van der Waals surface area contributed by atoms with Crippen LogP contribution in [0, 0.1) is 11.8 Å². The molecule has 0 bridgehead atoms. The number of rotatable bonds is 11. The Hall–Kier alpha value is -1.34. The largest absolute Gasteiger partial charge is 0.481 e. The topological polar surface area (TPSA) is 124 Å². The summed E-state index contributed by atoms with van der Waals surface area (Å²) in [5, 5.41) is 11.7. The van der Waals surface area contributed by atoms with Crippen LogP contribution in [0.5, 0.6) is 0 Å². The van der Waals surface area contributed by atoms with Crippen LogP contribution in [0.3, 0.4) is 0 Å². The average Bonchev–Trinajstić information content (AvgIpc) is 2.53. The molecule has 0 radical (unpaired) electrons. The molecule has 0 aliphatic carbocycles. The highest BCUT2D eigenvalue weighted by molar-refractivity contribution is 7.98. The molecule has 1 aromatic rings. The van der Waals surface area contributed by atoms with Gasteiger partial charge in [-0.2, -0.15) is 11.8 Å². The van der Waals surface area contributed by atoms with Crippen molar-refractivity contribution < 1.29 is 29.0 Å². The van der Waals surface area contributed by atoms with Crippen LogP contribution < -0.4 is 5.32 Å². The number of carboxylic acid groups (broad SMARTS) is 1. The van der Waals surface area contributed by atoms with Gasteiger partial charge in [-0.3, -0.25) is 14.2 Å². The Morgan fingerprint density at radius 3 is 2.36 bits per heavy atom. The second kappa shape index (κ2) is 10.6. The van der Waals surface area contributed by atoms with E-state index < -0.39 is 37.5 Å². The predicted molar refractivity (Wildman–Crippen MR) is 97.7 cm³/mol. The molecule has 9 heteroatoms. The van der Waals surface area contributed by atoms with Gasteiger partial charge in [-0.25, -0.2) is 0 Å². The van der Waals surface area contributed by atoms with Gasteiger partial charge >= 0.3 is 13.6 Å². The summed E-state index contributed by atoms with van der Waals surface area (Å²) in [5.74, 6) is -2.52. The van der Waals surface area contributed by atoms with Gasteiger partial charge < -0.3 is 20.2 Å². The first-order valence-corrected chi connectivity index (χ1v) is 11.0. The predicted octanol–water partition coefficient (Wildman–Crippen LogP) is 1.59. The smallest absolute Gasteiger partial charge is 0.326 e. The van der Waals surface area contributed by atoms with Gasteiger partial charge in [0, 0.05) is 6.54 Å². The Morgan fingerprint density at radius 1 is 1.20 bits per heavy atom. The number of hydrogen-bond acceptors (Lipinski definition) is 4. The first-order chi connectivity index (χ1) is 11.7. The SMILES string of the molecule is CSCCC(CNC(=O)C(Cc1ccccc1)CP(=O)(O)O)C(=O)O. The number of aliphatic carboxylic acids is 1. The van der Waals surface area contributed by atoms with Gasteiger partial charge in [0.05, 0.1) is 18.0 Å². The zero-order valence-electron chi connectivity index (χ0n) is 14.0. The highest BCUT2D eigenvalue weighted by Crippen LogP contribution is 2.37. The third-order valence-corrected chi connectivity index (χ3v) is 5.26. The van der Waals surface area contributed by atoms with Gasteiger partial charge in [0.25, 0.3) is 0 Å². The third kappa shape index (κ3) is 9.07. The van der Waals surface area contributed by atoms with Crippen LogP contribution >= 0.6 is 19.4 Å². The van der Waals surface area contributed by atoms with Crippen molar-refractivity contribution in [2.75, 3.05) is 24.7 Å². The molecule has 25 heavy (non-hydrogen) atoms. The fourth-order valence-corrected chi connectivity index (χ4v) is 3.76. The molecule has 2 atom stereocenters. The van der Waals surface area contributed by atoms with Crippen LogP contribution in [0.15, 0.2) is 30.3 Å². The van der Waals surface area contributed by atoms with Crippen LogP contribution in [0.2, 0.25) is 0 Å². The summed E-state index contributed by atoms with van der Waals surface area (Å²) in [7, 11) is -4.38. The summed E-state index contributed by atoms with van der Waals surface area (Å²) in [6.07, 6.45) is 1.89. The van der Waals surface area contributed by atoms with Crippen molar-refractivity contribution in [2.24, 2.45) is 11.8 Å². The molecule has 7 nitrogen and oxygen atoms in total. The molecule has 0 aromatic heterocycles. The molecule has 1 amide bonds. The van der Waals surface area contributed by atoms with Crippen LogP contribution in [-0.4, -0.2) is 51.5 Å².